The minimum absolute atomic E-state index is 0.950. The van der Waals surface area contributed by atoms with E-state index in [1.807, 2.05) is 23.1 Å². The number of allylic oxidation sites excluding steroid dienone is 6. The van der Waals surface area contributed by atoms with Gasteiger partial charge in [-0.25, -0.2) is 0 Å². The predicted molar refractivity (Wildman–Crippen MR) is 165 cm³/mol. The van der Waals surface area contributed by atoms with E-state index in [-0.39, 0.29) is 0 Å². The van der Waals surface area contributed by atoms with E-state index in [2.05, 4.69) is 128 Å². The highest BCUT2D eigenvalue weighted by molar-refractivity contribution is 8.06. The molecule has 2 nitrogen and oxygen atoms in total. The van der Waals surface area contributed by atoms with Gasteiger partial charge in [-0.3, -0.25) is 0 Å². The van der Waals surface area contributed by atoms with Crippen LogP contribution < -0.4 is 4.57 Å². The predicted octanol–water partition coefficient (Wildman–Crippen LogP) is 8.91. The maximum atomic E-state index is 2.47. The fourth-order valence-electron chi connectivity index (χ4n) is 4.23. The molecule has 0 fully saturated rings. The molecule has 1 aliphatic carbocycles. The lowest BCUT2D eigenvalue weighted by molar-refractivity contribution is -0.699. The summed E-state index contributed by atoms with van der Waals surface area (Å²) in [5.41, 5.74) is 4.10. The van der Waals surface area contributed by atoms with Crippen LogP contribution in [-0.4, -0.2) is 18.5 Å². The fraction of sp³-hybridized carbons (Fsp3) is 0.364. The van der Waals surface area contributed by atoms with Crippen LogP contribution in [0.1, 0.15) is 62.7 Å². The van der Waals surface area contributed by atoms with E-state index in [1.165, 1.54) is 31.8 Å². The molecule has 0 radical (unpaired) electrons. The Bertz CT molecular complexity index is 1150. The second kappa shape index (κ2) is 16.3. The molecule has 0 amide bonds. The highest BCUT2D eigenvalue weighted by atomic mass is 32.2. The van der Waals surface area contributed by atoms with Crippen molar-refractivity contribution >= 4 is 29.2 Å². The van der Waals surface area contributed by atoms with E-state index in [9.17, 15) is 0 Å². The molecule has 0 atom stereocenters. The van der Waals surface area contributed by atoms with Gasteiger partial charge in [0.05, 0.1) is 5.03 Å². The highest BCUT2D eigenvalue weighted by Crippen LogP contribution is 2.33. The van der Waals surface area contributed by atoms with E-state index < -0.39 is 0 Å². The van der Waals surface area contributed by atoms with Gasteiger partial charge < -0.3 is 4.90 Å². The first-order valence-corrected chi connectivity index (χ1v) is 15.4. The van der Waals surface area contributed by atoms with Gasteiger partial charge in [0.2, 0.25) is 0 Å². The summed E-state index contributed by atoms with van der Waals surface area (Å²) in [6, 6.07) is 19.5. The average molecular weight is 532 g/mol. The number of nitrogens with zero attached hydrogens (tertiary/aromatic N) is 2. The number of benzene rings is 1. The summed E-state index contributed by atoms with van der Waals surface area (Å²) >= 11 is 3.75. The van der Waals surface area contributed by atoms with Gasteiger partial charge in [0.15, 0.2) is 5.69 Å². The van der Waals surface area contributed by atoms with Crippen molar-refractivity contribution in [2.24, 2.45) is 0 Å². The van der Waals surface area contributed by atoms with Gasteiger partial charge in [0.25, 0.3) is 5.01 Å². The molecule has 196 valence electrons. The Morgan fingerprint density at radius 2 is 1.78 bits per heavy atom. The second-order valence-electron chi connectivity index (χ2n) is 9.15. The summed E-state index contributed by atoms with van der Waals surface area (Å²) in [4.78, 5) is 3.84. The van der Waals surface area contributed by atoms with Crippen molar-refractivity contribution in [1.29, 1.82) is 0 Å². The summed E-state index contributed by atoms with van der Waals surface area (Å²) in [6.07, 6.45) is 18.3. The van der Waals surface area contributed by atoms with Crippen molar-refractivity contribution < 1.29 is 4.57 Å². The van der Waals surface area contributed by atoms with Crippen LogP contribution in [0.15, 0.2) is 99.8 Å². The third-order valence-electron chi connectivity index (χ3n) is 6.51. The molecule has 1 aromatic heterocycles. The van der Waals surface area contributed by atoms with Crippen LogP contribution in [0.4, 0.5) is 0 Å². The molecule has 0 N–H and O–H groups in total. The largest absolute Gasteiger partial charge is 0.369 e. The molecule has 37 heavy (non-hydrogen) atoms. The molecule has 2 aromatic rings. The van der Waals surface area contributed by atoms with Crippen LogP contribution >= 0.6 is 23.1 Å². The SMILES string of the molecule is CCc1cccccsc(/C=C(/C=C(\SC2=CCCC=CC2)N(C)CC)CCc2ccccc2)[n+]1CC. The van der Waals surface area contributed by atoms with Crippen molar-refractivity contribution in [2.45, 2.75) is 65.8 Å². The second-order valence-corrected chi connectivity index (χ2v) is 11.2. The maximum absolute atomic E-state index is 2.47. The van der Waals surface area contributed by atoms with Gasteiger partial charge in [-0.1, -0.05) is 96.8 Å². The third-order valence-corrected chi connectivity index (χ3v) is 8.62. The van der Waals surface area contributed by atoms with Crippen molar-refractivity contribution in [3.05, 3.63) is 116 Å². The van der Waals surface area contributed by atoms with Gasteiger partial charge in [-0.05, 0) is 73.4 Å². The lowest BCUT2D eigenvalue weighted by Crippen LogP contribution is -2.38. The zero-order valence-corrected chi connectivity index (χ0v) is 24.7. The Labute approximate surface area is 233 Å². The Morgan fingerprint density at radius 1 is 1.00 bits per heavy atom. The molecular weight excluding hydrogens is 489 g/mol. The molecule has 0 aliphatic heterocycles. The van der Waals surface area contributed by atoms with Crippen LogP contribution in [-0.2, 0) is 19.4 Å². The van der Waals surface area contributed by atoms with Gasteiger partial charge >= 0.3 is 0 Å². The monoisotopic (exact) mass is 531 g/mol. The number of aromatic nitrogens is 1. The highest BCUT2D eigenvalue weighted by Gasteiger charge is 2.14. The quantitative estimate of drug-likeness (QED) is 0.162. The summed E-state index contributed by atoms with van der Waals surface area (Å²) in [6.45, 7) is 8.67. The zero-order valence-electron chi connectivity index (χ0n) is 23.0. The molecule has 1 aliphatic rings. The first kappa shape index (κ1) is 29.0. The number of rotatable bonds is 11. The molecule has 1 aromatic carbocycles. The van der Waals surface area contributed by atoms with Gasteiger partial charge in [-0.2, -0.15) is 4.57 Å². The topological polar surface area (TPSA) is 7.12 Å². The van der Waals surface area contributed by atoms with E-state index in [1.54, 1.807) is 0 Å². The minimum Gasteiger partial charge on any atom is -0.369 e. The summed E-state index contributed by atoms with van der Waals surface area (Å²) in [7, 11) is 2.22. The van der Waals surface area contributed by atoms with E-state index >= 15 is 0 Å². The number of aryl methyl sites for hydroxylation is 2. The van der Waals surface area contributed by atoms with Crippen molar-refractivity contribution in [3.63, 3.8) is 0 Å². The average Bonchev–Trinajstić information content (AvgIpc) is 3.15. The molecular formula is C33H43N2S2+. The first-order chi connectivity index (χ1) is 18.1. The molecule has 4 heteroatoms. The molecule has 0 saturated heterocycles. The van der Waals surface area contributed by atoms with Crippen molar-refractivity contribution in [1.82, 2.24) is 4.90 Å². The first-order valence-electron chi connectivity index (χ1n) is 13.7. The lowest BCUT2D eigenvalue weighted by Gasteiger charge is -2.22. The standard InChI is InChI=1S/C33H43N2S2/c1-5-30-20-14-11-17-25-36-33(35(30)7-3)27-29(24-23-28-18-12-10-13-19-28)26-32(34(4)6-2)37-31-21-15-8-9-16-22-31/h8,10-15,17-20,22,25-27H,5-7,9,16,21,23-24H2,1-4H3/q+1. The molecule has 3 rings (SSSR count). The van der Waals surface area contributed by atoms with E-state index in [4.69, 9.17) is 0 Å². The Kier molecular flexibility index (Phi) is 12.8. The van der Waals surface area contributed by atoms with Crippen LogP contribution in [0.3, 0.4) is 0 Å². The zero-order chi connectivity index (χ0) is 26.3. The smallest absolute Gasteiger partial charge is 0.261 e. The summed E-state index contributed by atoms with van der Waals surface area (Å²) in [5, 5.41) is 4.81. The number of thioether (sulfide) groups is 1. The number of hydrogen-bond acceptors (Lipinski definition) is 3. The van der Waals surface area contributed by atoms with Crippen molar-refractivity contribution in [2.75, 3.05) is 13.6 Å². The van der Waals surface area contributed by atoms with E-state index in [0.29, 0.717) is 0 Å². The maximum Gasteiger partial charge on any atom is 0.261 e. The summed E-state index contributed by atoms with van der Waals surface area (Å²) in [5.74, 6) is 0. The van der Waals surface area contributed by atoms with Crippen LogP contribution in [0.25, 0.3) is 6.08 Å². The molecule has 0 spiro atoms. The molecule has 0 unspecified atom stereocenters. The van der Waals surface area contributed by atoms with Crippen LogP contribution in [0.5, 0.6) is 0 Å². The van der Waals surface area contributed by atoms with E-state index in [0.717, 1.165) is 51.6 Å². The lowest BCUT2D eigenvalue weighted by atomic mass is 10.0. The molecule has 0 saturated carbocycles. The van der Waals surface area contributed by atoms with Crippen molar-refractivity contribution in [3.8, 4) is 0 Å². The van der Waals surface area contributed by atoms with Crippen LogP contribution in [0, 0.1) is 0 Å². The van der Waals surface area contributed by atoms with Gasteiger partial charge in [0, 0.05) is 32.2 Å². The minimum atomic E-state index is 0.950. The Hall–Kier alpha value is -2.56. The van der Waals surface area contributed by atoms with Crippen LogP contribution in [0.2, 0.25) is 0 Å². The fourth-order valence-corrected chi connectivity index (χ4v) is 6.28. The summed E-state index contributed by atoms with van der Waals surface area (Å²) < 4.78 is 2.47. The normalized spacial score (nSPS) is 14.1. The third kappa shape index (κ3) is 9.68. The Morgan fingerprint density at radius 3 is 2.54 bits per heavy atom. The molecule has 1 heterocycles. The Balaban J connectivity index is 2.10. The molecule has 0 bridgehead atoms. The van der Waals surface area contributed by atoms with Gasteiger partial charge in [0.1, 0.15) is 6.54 Å². The number of hydrogen-bond donors (Lipinski definition) is 0. The van der Waals surface area contributed by atoms with Gasteiger partial charge in [-0.15, -0.1) is 0 Å².